The van der Waals surface area contributed by atoms with Crippen LogP contribution in [-0.4, -0.2) is 29.1 Å². The van der Waals surface area contributed by atoms with Gasteiger partial charge in [0.05, 0.1) is 0 Å². The number of hydrogen-bond acceptors (Lipinski definition) is 2. The lowest BCUT2D eigenvalue weighted by Gasteiger charge is -2.30. The summed E-state index contributed by atoms with van der Waals surface area (Å²) in [6, 6.07) is 3.96. The van der Waals surface area contributed by atoms with Crippen LogP contribution in [0.1, 0.15) is 49.3 Å². The minimum Gasteiger partial charge on any atom is -0.480 e. The van der Waals surface area contributed by atoms with Crippen LogP contribution in [0.4, 0.5) is 4.39 Å². The lowest BCUT2D eigenvalue weighted by atomic mass is 10.00. The minimum absolute atomic E-state index is 0.287. The highest BCUT2D eigenvalue weighted by molar-refractivity contribution is 5.75. The van der Waals surface area contributed by atoms with E-state index in [1.807, 2.05) is 4.90 Å². The molecule has 0 aromatic heterocycles. The molecular weight excluding hydrogens is 257 g/mol. The Hall–Kier alpha value is -1.42. The van der Waals surface area contributed by atoms with Gasteiger partial charge in [-0.05, 0) is 50.0 Å². The Kier molecular flexibility index (Phi) is 5.12. The molecule has 1 saturated heterocycles. The molecule has 0 bridgehead atoms. The molecule has 1 fully saturated rings. The van der Waals surface area contributed by atoms with Gasteiger partial charge in [-0.25, -0.2) is 4.39 Å². The molecule has 1 atom stereocenters. The third-order valence-electron chi connectivity index (χ3n) is 3.99. The molecule has 1 N–H and O–H groups in total. The number of carboxylic acid groups (broad SMARTS) is 1. The first-order valence-corrected chi connectivity index (χ1v) is 7.32. The molecule has 0 unspecified atom stereocenters. The molecule has 1 aliphatic rings. The lowest BCUT2D eigenvalue weighted by Crippen LogP contribution is -2.36. The quantitative estimate of drug-likeness (QED) is 0.920. The van der Waals surface area contributed by atoms with E-state index in [2.05, 4.69) is 0 Å². The number of carboxylic acids is 1. The standard InChI is InChI=1S/C16H22FNO2/c1-12-11-13(7-8-14(12)17)15(16(19)20)18-9-5-3-2-4-6-10-18/h7-8,11,15H,2-6,9-10H2,1H3,(H,19,20)/t15-/m0/s1. The Labute approximate surface area is 119 Å². The zero-order chi connectivity index (χ0) is 14.5. The summed E-state index contributed by atoms with van der Waals surface area (Å²) >= 11 is 0. The second-order valence-corrected chi connectivity index (χ2v) is 5.55. The van der Waals surface area contributed by atoms with Crippen molar-refractivity contribution < 1.29 is 14.3 Å². The van der Waals surface area contributed by atoms with Crippen LogP contribution in [0.2, 0.25) is 0 Å². The molecule has 0 saturated carbocycles. The van der Waals surface area contributed by atoms with Crippen molar-refractivity contribution in [3.63, 3.8) is 0 Å². The van der Waals surface area contributed by atoms with Crippen LogP contribution < -0.4 is 0 Å². The Morgan fingerprint density at radius 1 is 1.20 bits per heavy atom. The fourth-order valence-corrected chi connectivity index (χ4v) is 2.88. The van der Waals surface area contributed by atoms with Crippen molar-refractivity contribution in [1.82, 2.24) is 4.90 Å². The predicted octanol–water partition coefficient (Wildman–Crippen LogP) is 3.53. The number of aryl methyl sites for hydroxylation is 1. The van der Waals surface area contributed by atoms with Crippen molar-refractivity contribution in [3.05, 3.63) is 35.1 Å². The van der Waals surface area contributed by atoms with Crippen molar-refractivity contribution in [2.45, 2.75) is 45.1 Å². The molecule has 0 aliphatic carbocycles. The number of likely N-dealkylation sites (tertiary alicyclic amines) is 1. The fraction of sp³-hybridized carbons (Fsp3) is 0.562. The summed E-state index contributed by atoms with van der Waals surface area (Å²) in [4.78, 5) is 13.7. The number of rotatable bonds is 3. The van der Waals surface area contributed by atoms with Gasteiger partial charge in [0.25, 0.3) is 0 Å². The summed E-state index contributed by atoms with van der Waals surface area (Å²) in [5.74, 6) is -1.14. The zero-order valence-electron chi connectivity index (χ0n) is 11.9. The summed E-state index contributed by atoms with van der Waals surface area (Å²) in [5.41, 5.74) is 1.18. The summed E-state index contributed by atoms with van der Waals surface area (Å²) in [6.45, 7) is 3.27. The summed E-state index contributed by atoms with van der Waals surface area (Å²) in [5, 5.41) is 9.57. The van der Waals surface area contributed by atoms with Gasteiger partial charge in [0.1, 0.15) is 11.9 Å². The van der Waals surface area contributed by atoms with Crippen molar-refractivity contribution in [2.75, 3.05) is 13.1 Å². The fourth-order valence-electron chi connectivity index (χ4n) is 2.88. The highest BCUT2D eigenvalue weighted by Gasteiger charge is 2.27. The van der Waals surface area contributed by atoms with Gasteiger partial charge in [0, 0.05) is 0 Å². The maximum atomic E-state index is 13.4. The first-order chi connectivity index (χ1) is 9.59. The minimum atomic E-state index is -0.850. The molecule has 20 heavy (non-hydrogen) atoms. The van der Waals surface area contributed by atoms with Crippen LogP contribution in [0, 0.1) is 12.7 Å². The van der Waals surface area contributed by atoms with Crippen molar-refractivity contribution >= 4 is 5.97 Å². The molecule has 0 spiro atoms. The molecule has 110 valence electrons. The third kappa shape index (κ3) is 3.57. The lowest BCUT2D eigenvalue weighted by molar-refractivity contribution is -0.143. The number of halogens is 1. The van der Waals surface area contributed by atoms with E-state index in [4.69, 9.17) is 0 Å². The van der Waals surface area contributed by atoms with Crippen molar-refractivity contribution in [3.8, 4) is 0 Å². The van der Waals surface area contributed by atoms with Gasteiger partial charge < -0.3 is 5.11 Å². The summed E-state index contributed by atoms with van der Waals surface area (Å²) in [6.07, 6.45) is 5.62. The zero-order valence-corrected chi connectivity index (χ0v) is 11.9. The van der Waals surface area contributed by atoms with Gasteiger partial charge in [0.15, 0.2) is 0 Å². The molecule has 1 heterocycles. The normalized spacial score (nSPS) is 19.1. The van der Waals surface area contributed by atoms with E-state index in [9.17, 15) is 14.3 Å². The van der Waals surface area contributed by atoms with Crippen LogP contribution in [-0.2, 0) is 4.79 Å². The average Bonchev–Trinajstić information content (AvgIpc) is 2.36. The highest BCUT2D eigenvalue weighted by atomic mass is 19.1. The highest BCUT2D eigenvalue weighted by Crippen LogP contribution is 2.25. The van der Waals surface area contributed by atoms with Crippen LogP contribution in [0.15, 0.2) is 18.2 Å². The maximum Gasteiger partial charge on any atom is 0.325 e. The SMILES string of the molecule is Cc1cc([C@@H](C(=O)O)N2CCCCCCC2)ccc1F. The average molecular weight is 279 g/mol. The van der Waals surface area contributed by atoms with E-state index in [-0.39, 0.29) is 5.82 Å². The van der Waals surface area contributed by atoms with E-state index >= 15 is 0 Å². The van der Waals surface area contributed by atoms with Gasteiger partial charge in [0.2, 0.25) is 0 Å². The summed E-state index contributed by atoms with van der Waals surface area (Å²) in [7, 11) is 0. The smallest absolute Gasteiger partial charge is 0.325 e. The molecule has 1 aromatic rings. The Morgan fingerprint density at radius 3 is 2.35 bits per heavy atom. The van der Waals surface area contributed by atoms with Crippen molar-refractivity contribution in [2.24, 2.45) is 0 Å². The molecular formula is C16H22FNO2. The van der Waals surface area contributed by atoms with E-state index in [1.165, 1.54) is 12.5 Å². The van der Waals surface area contributed by atoms with E-state index in [0.29, 0.717) is 11.1 Å². The van der Waals surface area contributed by atoms with Crippen LogP contribution in [0.5, 0.6) is 0 Å². The van der Waals surface area contributed by atoms with E-state index in [1.54, 1.807) is 19.1 Å². The molecule has 1 aliphatic heterocycles. The monoisotopic (exact) mass is 279 g/mol. The number of benzene rings is 1. The van der Waals surface area contributed by atoms with Crippen LogP contribution in [0.25, 0.3) is 0 Å². The maximum absolute atomic E-state index is 13.4. The third-order valence-corrected chi connectivity index (χ3v) is 3.99. The second-order valence-electron chi connectivity index (χ2n) is 5.55. The number of nitrogens with zero attached hydrogens (tertiary/aromatic N) is 1. The number of carbonyl (C=O) groups is 1. The second kappa shape index (κ2) is 6.84. The molecule has 4 heteroatoms. The Morgan fingerprint density at radius 2 is 1.80 bits per heavy atom. The van der Waals surface area contributed by atoms with Gasteiger partial charge in [-0.2, -0.15) is 0 Å². The molecule has 2 rings (SSSR count). The first kappa shape index (κ1) is 15.0. The first-order valence-electron chi connectivity index (χ1n) is 7.32. The topological polar surface area (TPSA) is 40.5 Å². The van der Waals surface area contributed by atoms with E-state index < -0.39 is 12.0 Å². The summed E-state index contributed by atoms with van der Waals surface area (Å²) < 4.78 is 13.4. The van der Waals surface area contributed by atoms with Crippen molar-refractivity contribution in [1.29, 1.82) is 0 Å². The molecule has 0 radical (unpaired) electrons. The largest absolute Gasteiger partial charge is 0.480 e. The van der Waals surface area contributed by atoms with E-state index in [0.717, 1.165) is 38.8 Å². The van der Waals surface area contributed by atoms with Gasteiger partial charge in [-0.1, -0.05) is 31.4 Å². The van der Waals surface area contributed by atoms with Gasteiger partial charge >= 0.3 is 5.97 Å². The van der Waals surface area contributed by atoms with Crippen LogP contribution in [0.3, 0.4) is 0 Å². The van der Waals surface area contributed by atoms with Gasteiger partial charge in [-0.15, -0.1) is 0 Å². The molecule has 1 aromatic carbocycles. The number of aliphatic carboxylic acids is 1. The predicted molar refractivity (Wildman–Crippen MR) is 76.2 cm³/mol. The molecule has 3 nitrogen and oxygen atoms in total. The van der Waals surface area contributed by atoms with Gasteiger partial charge in [-0.3, -0.25) is 9.69 Å². The molecule has 0 amide bonds. The Bertz CT molecular complexity index is 468. The van der Waals surface area contributed by atoms with Crippen LogP contribution >= 0.6 is 0 Å². The number of hydrogen-bond donors (Lipinski definition) is 1. The Balaban J connectivity index is 2.24.